The van der Waals surface area contributed by atoms with Gasteiger partial charge in [-0.05, 0) is 98.0 Å². The van der Waals surface area contributed by atoms with Crippen molar-refractivity contribution in [3.05, 3.63) is 83.8 Å². The number of fused-ring (bicyclic) bond motifs is 4. The standard InChI is InChI=1S/C29H28FN5O/c30-23-5-7-24(8-6-23)35-26-16-20-3-1-4-22-17-28(36,11-12-31)9-10-29(22,18-27-32-13-2-14-33-27)25(20)15-21(26)19-34-35/h2,5-8,13-16,19,22,36H,1,3-4,9-11,17-18H2/t22-,28-,29-/m0/s1. The van der Waals surface area contributed by atoms with Gasteiger partial charge in [-0.15, -0.1) is 0 Å². The molecule has 0 amide bonds. The van der Waals surface area contributed by atoms with Crippen LogP contribution in [-0.2, 0) is 18.3 Å². The maximum Gasteiger partial charge on any atom is 0.129 e. The van der Waals surface area contributed by atoms with Gasteiger partial charge in [-0.2, -0.15) is 10.4 Å². The minimum absolute atomic E-state index is 0.164. The first kappa shape index (κ1) is 22.8. The zero-order valence-corrected chi connectivity index (χ0v) is 20.1. The van der Waals surface area contributed by atoms with Gasteiger partial charge in [0.05, 0.1) is 35.5 Å². The first-order valence-electron chi connectivity index (χ1n) is 12.6. The molecule has 0 spiro atoms. The SMILES string of the molecule is N#CC[C@@]1(O)CC[C@@]2(Cc3ncccn3)c3cc4cnn(-c5ccc(F)cc5)c4cc3CCC[C@H]2C1. The Balaban J connectivity index is 1.50. The van der Waals surface area contributed by atoms with Gasteiger partial charge >= 0.3 is 0 Å². The lowest BCUT2D eigenvalue weighted by Crippen LogP contribution is -2.49. The van der Waals surface area contributed by atoms with Crippen molar-refractivity contribution >= 4 is 10.9 Å². The second kappa shape index (κ2) is 8.79. The Morgan fingerprint density at radius 1 is 1.14 bits per heavy atom. The fourth-order valence-electron chi connectivity index (χ4n) is 6.60. The van der Waals surface area contributed by atoms with E-state index in [1.807, 2.05) is 16.9 Å². The Morgan fingerprint density at radius 2 is 1.94 bits per heavy atom. The molecule has 0 unspecified atom stereocenters. The van der Waals surface area contributed by atoms with Crippen LogP contribution in [0.4, 0.5) is 4.39 Å². The molecule has 36 heavy (non-hydrogen) atoms. The number of aromatic nitrogens is 4. The van der Waals surface area contributed by atoms with Crippen molar-refractivity contribution in [1.82, 2.24) is 19.7 Å². The third-order valence-electron chi connectivity index (χ3n) is 8.34. The number of aliphatic hydroxyl groups is 1. The highest BCUT2D eigenvalue weighted by atomic mass is 19.1. The van der Waals surface area contributed by atoms with Gasteiger partial charge in [0.1, 0.15) is 11.6 Å². The number of nitrogens with zero attached hydrogens (tertiary/aromatic N) is 5. The molecule has 7 heteroatoms. The van der Waals surface area contributed by atoms with E-state index < -0.39 is 5.60 Å². The van der Waals surface area contributed by atoms with Gasteiger partial charge in [0.15, 0.2) is 0 Å². The Kier molecular flexibility index (Phi) is 5.57. The van der Waals surface area contributed by atoms with Crippen LogP contribution in [0.25, 0.3) is 16.6 Å². The van der Waals surface area contributed by atoms with Crippen LogP contribution < -0.4 is 0 Å². The van der Waals surface area contributed by atoms with E-state index in [1.54, 1.807) is 24.5 Å². The Bertz CT molecular complexity index is 1440. The summed E-state index contributed by atoms with van der Waals surface area (Å²) in [7, 11) is 0. The molecule has 6 nitrogen and oxygen atoms in total. The van der Waals surface area contributed by atoms with E-state index in [1.165, 1.54) is 23.3 Å². The molecule has 0 aliphatic heterocycles. The summed E-state index contributed by atoms with van der Waals surface area (Å²) in [4.78, 5) is 9.15. The van der Waals surface area contributed by atoms with E-state index in [2.05, 4.69) is 33.3 Å². The number of nitriles is 1. The van der Waals surface area contributed by atoms with Crippen LogP contribution >= 0.6 is 0 Å². The quantitative estimate of drug-likeness (QED) is 0.432. The predicted octanol–water partition coefficient (Wildman–Crippen LogP) is 5.22. The third-order valence-corrected chi connectivity index (χ3v) is 8.34. The normalized spacial score (nSPS) is 25.5. The Morgan fingerprint density at radius 3 is 2.72 bits per heavy atom. The smallest absolute Gasteiger partial charge is 0.129 e. The van der Waals surface area contributed by atoms with Crippen molar-refractivity contribution in [3.63, 3.8) is 0 Å². The minimum atomic E-state index is -0.942. The summed E-state index contributed by atoms with van der Waals surface area (Å²) in [5.74, 6) is 0.760. The van der Waals surface area contributed by atoms with E-state index in [0.29, 0.717) is 19.3 Å². The third kappa shape index (κ3) is 3.86. The van der Waals surface area contributed by atoms with Gasteiger partial charge in [-0.1, -0.05) is 0 Å². The lowest BCUT2D eigenvalue weighted by molar-refractivity contribution is -0.0441. The van der Waals surface area contributed by atoms with Gasteiger partial charge < -0.3 is 5.11 Å². The molecule has 2 aromatic carbocycles. The number of benzene rings is 2. The number of halogens is 1. The van der Waals surface area contributed by atoms with E-state index >= 15 is 0 Å². The molecule has 2 aromatic heterocycles. The van der Waals surface area contributed by atoms with Crippen LogP contribution in [0.15, 0.2) is 61.1 Å². The van der Waals surface area contributed by atoms with Crippen LogP contribution in [0.2, 0.25) is 0 Å². The average Bonchev–Trinajstić information content (AvgIpc) is 3.23. The zero-order valence-electron chi connectivity index (χ0n) is 20.1. The van der Waals surface area contributed by atoms with Crippen LogP contribution in [0.5, 0.6) is 0 Å². The summed E-state index contributed by atoms with van der Waals surface area (Å²) in [5.41, 5.74) is 3.24. The van der Waals surface area contributed by atoms with E-state index in [4.69, 9.17) is 0 Å². The molecule has 0 radical (unpaired) electrons. The highest BCUT2D eigenvalue weighted by molar-refractivity contribution is 5.82. The van der Waals surface area contributed by atoms with Crippen molar-refractivity contribution in [2.75, 3.05) is 0 Å². The van der Waals surface area contributed by atoms with Crippen LogP contribution in [0.3, 0.4) is 0 Å². The van der Waals surface area contributed by atoms with E-state index in [0.717, 1.165) is 48.1 Å². The van der Waals surface area contributed by atoms with Crippen molar-refractivity contribution in [1.29, 1.82) is 5.26 Å². The summed E-state index contributed by atoms with van der Waals surface area (Å²) in [6.45, 7) is 0. The lowest BCUT2D eigenvalue weighted by Gasteiger charge is -2.49. The van der Waals surface area contributed by atoms with Gasteiger partial charge in [-0.3, -0.25) is 0 Å². The first-order valence-corrected chi connectivity index (χ1v) is 12.6. The van der Waals surface area contributed by atoms with Crippen LogP contribution in [-0.4, -0.2) is 30.5 Å². The van der Waals surface area contributed by atoms with Crippen LogP contribution in [0, 0.1) is 23.1 Å². The molecule has 2 aliphatic carbocycles. The Labute approximate surface area is 209 Å². The number of hydrogen-bond donors (Lipinski definition) is 1. The fraction of sp³-hybridized carbons (Fsp3) is 0.379. The minimum Gasteiger partial charge on any atom is -0.389 e. The summed E-state index contributed by atoms with van der Waals surface area (Å²) >= 11 is 0. The van der Waals surface area contributed by atoms with E-state index in [-0.39, 0.29) is 23.6 Å². The average molecular weight is 482 g/mol. The molecule has 1 saturated carbocycles. The first-order chi connectivity index (χ1) is 17.5. The maximum atomic E-state index is 13.5. The number of hydrogen-bond acceptors (Lipinski definition) is 5. The van der Waals surface area contributed by atoms with Gasteiger partial charge in [0.25, 0.3) is 0 Å². The highest BCUT2D eigenvalue weighted by Gasteiger charge is 2.51. The fourth-order valence-corrected chi connectivity index (χ4v) is 6.60. The number of rotatable bonds is 4. The molecule has 1 N–H and O–H groups in total. The van der Waals surface area contributed by atoms with Crippen LogP contribution in [0.1, 0.15) is 55.5 Å². The molecule has 0 bridgehead atoms. The monoisotopic (exact) mass is 481 g/mol. The molecule has 2 aliphatic rings. The molecule has 1 fully saturated rings. The van der Waals surface area contributed by atoms with Gasteiger partial charge in [0, 0.05) is 29.6 Å². The lowest BCUT2D eigenvalue weighted by atomic mass is 9.56. The van der Waals surface area contributed by atoms with E-state index in [9.17, 15) is 14.8 Å². The van der Waals surface area contributed by atoms with Crippen molar-refractivity contribution < 1.29 is 9.50 Å². The molecule has 0 saturated heterocycles. The summed E-state index contributed by atoms with van der Waals surface area (Å²) in [6.07, 6.45) is 11.2. The molecular formula is C29H28FN5O. The topological polar surface area (TPSA) is 87.6 Å². The summed E-state index contributed by atoms with van der Waals surface area (Å²) in [6, 6.07) is 15.0. The molecule has 4 aromatic rings. The second-order valence-corrected chi connectivity index (χ2v) is 10.5. The molecule has 6 rings (SSSR count). The largest absolute Gasteiger partial charge is 0.389 e. The van der Waals surface area contributed by atoms with Gasteiger partial charge in [-0.25, -0.2) is 19.0 Å². The van der Waals surface area contributed by atoms with Gasteiger partial charge in [0.2, 0.25) is 0 Å². The summed E-state index contributed by atoms with van der Waals surface area (Å²) < 4.78 is 15.4. The molecular weight excluding hydrogens is 453 g/mol. The highest BCUT2D eigenvalue weighted by Crippen LogP contribution is 2.54. The summed E-state index contributed by atoms with van der Waals surface area (Å²) in [5, 5.41) is 26.3. The molecule has 3 atom stereocenters. The number of aryl methyl sites for hydroxylation is 1. The van der Waals surface area contributed by atoms with Crippen molar-refractivity contribution in [2.45, 2.75) is 62.4 Å². The zero-order chi connectivity index (χ0) is 24.8. The molecule has 182 valence electrons. The van der Waals surface area contributed by atoms with Crippen molar-refractivity contribution in [2.24, 2.45) is 5.92 Å². The predicted molar refractivity (Wildman–Crippen MR) is 134 cm³/mol. The van der Waals surface area contributed by atoms with Crippen molar-refractivity contribution in [3.8, 4) is 11.8 Å². The second-order valence-electron chi connectivity index (χ2n) is 10.5. The maximum absolute atomic E-state index is 13.5. The molecule has 2 heterocycles. The Hall–Kier alpha value is -3.63.